The van der Waals surface area contributed by atoms with E-state index in [-0.39, 0.29) is 0 Å². The van der Waals surface area contributed by atoms with Gasteiger partial charge in [0.25, 0.3) is 0 Å². The van der Waals surface area contributed by atoms with Crippen molar-refractivity contribution in [1.82, 2.24) is 19.4 Å². The zero-order chi connectivity index (χ0) is 15.5. The normalized spacial score (nSPS) is 11.7. The van der Waals surface area contributed by atoms with Crippen LogP contribution in [0.2, 0.25) is 0 Å². The summed E-state index contributed by atoms with van der Waals surface area (Å²) in [4.78, 5) is 0. The molecule has 2 aromatic heterocycles. The zero-order valence-corrected chi connectivity index (χ0v) is 13.6. The molecule has 0 saturated carbocycles. The third-order valence-corrected chi connectivity index (χ3v) is 3.98. The fraction of sp³-hybridized carbons (Fsp3) is 0.312. The third kappa shape index (κ3) is 2.74. The lowest BCUT2D eigenvalue weighted by atomic mass is 10.2. The van der Waals surface area contributed by atoms with Gasteiger partial charge in [0.1, 0.15) is 0 Å². The van der Waals surface area contributed by atoms with Crippen molar-refractivity contribution in [1.29, 1.82) is 0 Å². The van der Waals surface area contributed by atoms with E-state index < -0.39 is 0 Å². The van der Waals surface area contributed by atoms with Gasteiger partial charge in [-0.05, 0) is 24.7 Å². The van der Waals surface area contributed by atoms with Crippen LogP contribution in [0.5, 0.6) is 0 Å². The van der Waals surface area contributed by atoms with E-state index in [2.05, 4.69) is 45.1 Å². The third-order valence-electron chi connectivity index (χ3n) is 3.71. The number of fused-ring (bicyclic) bond motifs is 1. The van der Waals surface area contributed by atoms with Crippen LogP contribution in [0.3, 0.4) is 0 Å². The summed E-state index contributed by atoms with van der Waals surface area (Å²) in [6.45, 7) is 2.16. The molecule has 0 unspecified atom stereocenters. The minimum absolute atomic E-state index is 0.530. The van der Waals surface area contributed by atoms with Crippen LogP contribution in [0.15, 0.2) is 35.6 Å². The summed E-state index contributed by atoms with van der Waals surface area (Å²) in [6.07, 6.45) is 6.99. The molecule has 3 rings (SSSR count). The fourth-order valence-electron chi connectivity index (χ4n) is 2.54. The fourth-order valence-corrected chi connectivity index (χ4v) is 2.73. The highest BCUT2D eigenvalue weighted by molar-refractivity contribution is 7.71. The van der Waals surface area contributed by atoms with Crippen LogP contribution >= 0.6 is 12.2 Å². The maximum atomic E-state index is 5.27. The van der Waals surface area contributed by atoms with Crippen LogP contribution in [0, 0.1) is 4.77 Å². The second-order valence-corrected chi connectivity index (χ2v) is 5.70. The first kappa shape index (κ1) is 14.7. The number of nitrogens with one attached hydrogen (secondary N) is 1. The Kier molecular flexibility index (Phi) is 4.20. The van der Waals surface area contributed by atoms with E-state index in [9.17, 15) is 0 Å². The highest BCUT2D eigenvalue weighted by Gasteiger charge is 2.06. The highest BCUT2D eigenvalue weighted by atomic mass is 32.1. The van der Waals surface area contributed by atoms with Gasteiger partial charge in [0.2, 0.25) is 4.77 Å². The molecule has 0 bridgehead atoms. The minimum atomic E-state index is 0.530. The second kappa shape index (κ2) is 6.27. The van der Waals surface area contributed by atoms with E-state index in [1.54, 1.807) is 4.68 Å². The Morgan fingerprint density at radius 1 is 1.36 bits per heavy atom. The summed E-state index contributed by atoms with van der Waals surface area (Å²) in [5.74, 6) is 0.878. The summed E-state index contributed by atoms with van der Waals surface area (Å²) in [5.41, 5.74) is 2.26. The molecule has 0 amide bonds. The van der Waals surface area contributed by atoms with Gasteiger partial charge >= 0.3 is 0 Å². The number of benzene rings is 1. The van der Waals surface area contributed by atoms with Gasteiger partial charge in [0.05, 0.1) is 6.21 Å². The van der Waals surface area contributed by atoms with Crippen molar-refractivity contribution in [2.75, 3.05) is 0 Å². The number of unbranched alkanes of at least 4 members (excludes halogenated alkanes) is 1. The largest absolute Gasteiger partial charge is 0.350 e. The van der Waals surface area contributed by atoms with E-state index in [0.717, 1.165) is 30.7 Å². The Labute approximate surface area is 134 Å². The maximum absolute atomic E-state index is 5.27. The van der Waals surface area contributed by atoms with Crippen LogP contribution < -0.4 is 0 Å². The van der Waals surface area contributed by atoms with Crippen molar-refractivity contribution in [3.63, 3.8) is 0 Å². The van der Waals surface area contributed by atoms with Crippen LogP contribution in [-0.4, -0.2) is 25.7 Å². The lowest BCUT2D eigenvalue weighted by molar-refractivity contribution is 0.700. The summed E-state index contributed by atoms with van der Waals surface area (Å²) < 4.78 is 4.35. The number of aryl methyl sites for hydroxylation is 2. The zero-order valence-electron chi connectivity index (χ0n) is 12.8. The van der Waals surface area contributed by atoms with Gasteiger partial charge in [-0.1, -0.05) is 31.5 Å². The number of H-pyrrole nitrogens is 1. The predicted octanol–water partition coefficient (Wildman–Crippen LogP) is 3.66. The second-order valence-electron chi connectivity index (χ2n) is 5.32. The molecule has 6 heteroatoms. The molecule has 0 aliphatic rings. The molecule has 0 aliphatic heterocycles. The van der Waals surface area contributed by atoms with Crippen molar-refractivity contribution in [3.8, 4) is 0 Å². The Morgan fingerprint density at radius 2 is 2.18 bits per heavy atom. The molecule has 1 N–H and O–H groups in total. The standard InChI is InChI=1S/C16H19N5S/c1-3-4-9-15-18-19-16(22)21(15)17-10-12-11-20(2)14-8-6-5-7-13(12)14/h5-8,10-11H,3-4,9H2,1-2H3,(H,19,22)/b17-10-. The molecule has 0 saturated heterocycles. The Bertz CT molecular complexity index is 868. The molecular weight excluding hydrogens is 294 g/mol. The number of rotatable bonds is 5. The Morgan fingerprint density at radius 3 is 3.00 bits per heavy atom. The molecule has 0 aliphatic carbocycles. The average Bonchev–Trinajstić information content (AvgIpc) is 3.04. The molecule has 3 aromatic rings. The van der Waals surface area contributed by atoms with Crippen molar-refractivity contribution in [2.24, 2.45) is 12.1 Å². The van der Waals surface area contributed by atoms with Gasteiger partial charge in [-0.25, -0.2) is 0 Å². The van der Waals surface area contributed by atoms with E-state index in [0.29, 0.717) is 4.77 Å². The Balaban J connectivity index is 1.97. The first-order valence-electron chi connectivity index (χ1n) is 7.45. The van der Waals surface area contributed by atoms with Crippen LogP contribution in [0.25, 0.3) is 10.9 Å². The molecule has 2 heterocycles. The van der Waals surface area contributed by atoms with Crippen molar-refractivity contribution in [2.45, 2.75) is 26.2 Å². The summed E-state index contributed by atoms with van der Waals surface area (Å²) in [5, 5.41) is 12.8. The summed E-state index contributed by atoms with van der Waals surface area (Å²) >= 11 is 5.27. The lowest BCUT2D eigenvalue weighted by Gasteiger charge is -1.99. The topological polar surface area (TPSA) is 50.9 Å². The van der Waals surface area contributed by atoms with Gasteiger partial charge in [0, 0.05) is 36.1 Å². The molecule has 0 atom stereocenters. The molecule has 22 heavy (non-hydrogen) atoms. The number of para-hydroxylation sites is 1. The number of hydrogen-bond acceptors (Lipinski definition) is 3. The Hall–Kier alpha value is -2.21. The van der Waals surface area contributed by atoms with Crippen LogP contribution in [-0.2, 0) is 13.5 Å². The van der Waals surface area contributed by atoms with Crippen molar-refractivity contribution >= 4 is 29.3 Å². The predicted molar refractivity (Wildman–Crippen MR) is 91.9 cm³/mol. The maximum Gasteiger partial charge on any atom is 0.216 e. The van der Waals surface area contributed by atoms with E-state index >= 15 is 0 Å². The van der Waals surface area contributed by atoms with Gasteiger partial charge in [0.15, 0.2) is 5.82 Å². The molecule has 0 radical (unpaired) electrons. The smallest absolute Gasteiger partial charge is 0.216 e. The van der Waals surface area contributed by atoms with Crippen LogP contribution in [0.4, 0.5) is 0 Å². The highest BCUT2D eigenvalue weighted by Crippen LogP contribution is 2.18. The number of nitrogens with zero attached hydrogens (tertiary/aromatic N) is 4. The molecular formula is C16H19N5S. The average molecular weight is 313 g/mol. The van der Waals surface area contributed by atoms with Gasteiger partial charge in [-0.3, -0.25) is 5.10 Å². The van der Waals surface area contributed by atoms with Crippen LogP contribution in [0.1, 0.15) is 31.2 Å². The molecule has 1 aromatic carbocycles. The summed E-state index contributed by atoms with van der Waals surface area (Å²) in [7, 11) is 2.04. The molecule has 114 valence electrons. The van der Waals surface area contributed by atoms with E-state index in [4.69, 9.17) is 12.2 Å². The van der Waals surface area contributed by atoms with Gasteiger partial charge < -0.3 is 4.57 Å². The van der Waals surface area contributed by atoms with Crippen molar-refractivity contribution < 1.29 is 0 Å². The monoisotopic (exact) mass is 313 g/mol. The van der Waals surface area contributed by atoms with Crippen molar-refractivity contribution in [3.05, 3.63) is 46.6 Å². The quantitative estimate of drug-likeness (QED) is 0.577. The van der Waals surface area contributed by atoms with Gasteiger partial charge in [-0.15, -0.1) is 0 Å². The first-order chi connectivity index (χ1) is 10.7. The number of aromatic nitrogens is 4. The lowest BCUT2D eigenvalue weighted by Crippen LogP contribution is -1.99. The number of hydrogen-bond donors (Lipinski definition) is 1. The molecule has 0 spiro atoms. The minimum Gasteiger partial charge on any atom is -0.350 e. The van der Waals surface area contributed by atoms with E-state index in [1.807, 2.05) is 25.4 Å². The summed E-state index contributed by atoms with van der Waals surface area (Å²) in [6, 6.07) is 8.28. The van der Waals surface area contributed by atoms with Gasteiger partial charge in [-0.2, -0.15) is 14.9 Å². The van der Waals surface area contributed by atoms with E-state index in [1.165, 1.54) is 10.9 Å². The first-order valence-corrected chi connectivity index (χ1v) is 7.86. The number of aromatic amines is 1. The SMILES string of the molecule is CCCCc1n[nH]c(=S)n1/N=C\c1cn(C)c2ccccc12. The molecule has 5 nitrogen and oxygen atoms in total. The molecule has 0 fully saturated rings.